The highest BCUT2D eigenvalue weighted by Crippen LogP contribution is 2.44. The highest BCUT2D eigenvalue weighted by atomic mass is 16.5. The average molecular weight is 420 g/mol. The second-order valence-corrected chi connectivity index (χ2v) is 8.61. The molecule has 31 heavy (non-hydrogen) atoms. The molecule has 3 aromatic rings. The topological polar surface area (TPSA) is 48.0 Å². The summed E-state index contributed by atoms with van der Waals surface area (Å²) in [6.45, 7) is 4.12. The summed E-state index contributed by atoms with van der Waals surface area (Å²) in [6.07, 6.45) is 4.79. The number of ether oxygens (including phenoxy) is 3. The summed E-state index contributed by atoms with van der Waals surface area (Å²) < 4.78 is 16.9. The van der Waals surface area contributed by atoms with Crippen molar-refractivity contribution in [3.05, 3.63) is 41.5 Å². The second-order valence-electron chi connectivity index (χ2n) is 8.61. The molecule has 2 aliphatic rings. The van der Waals surface area contributed by atoms with Gasteiger partial charge in [0.15, 0.2) is 11.5 Å². The van der Waals surface area contributed by atoms with E-state index in [0.29, 0.717) is 24.0 Å². The molecular weight excluding hydrogens is 390 g/mol. The molecule has 0 radical (unpaired) electrons. The maximum absolute atomic E-state index is 12.1. The maximum atomic E-state index is 12.1. The van der Waals surface area contributed by atoms with Crippen molar-refractivity contribution < 1.29 is 19.0 Å². The van der Waals surface area contributed by atoms with Crippen LogP contribution in [0.3, 0.4) is 0 Å². The lowest BCUT2D eigenvalue weighted by atomic mass is 9.85. The van der Waals surface area contributed by atoms with E-state index in [4.69, 9.17) is 14.2 Å². The lowest BCUT2D eigenvalue weighted by Crippen LogP contribution is -2.35. The van der Waals surface area contributed by atoms with Crippen LogP contribution in [-0.4, -0.2) is 37.7 Å². The lowest BCUT2D eigenvalue weighted by molar-refractivity contribution is -0.134. The van der Waals surface area contributed by atoms with E-state index in [2.05, 4.69) is 23.1 Å². The van der Waals surface area contributed by atoms with Crippen LogP contribution in [0.1, 0.15) is 43.7 Å². The van der Waals surface area contributed by atoms with Crippen molar-refractivity contribution in [2.75, 3.05) is 20.8 Å². The Balaban J connectivity index is 1.76. The smallest absolute Gasteiger partial charge is 0.311 e. The van der Waals surface area contributed by atoms with Crippen molar-refractivity contribution in [3.8, 4) is 17.2 Å². The Kier molecular flexibility index (Phi) is 5.22. The summed E-state index contributed by atoms with van der Waals surface area (Å²) in [6, 6.07) is 10.9. The van der Waals surface area contributed by atoms with Crippen LogP contribution in [-0.2, 0) is 17.8 Å². The third-order valence-corrected chi connectivity index (χ3v) is 6.81. The molecule has 5 nitrogen and oxygen atoms in total. The Bertz CT molecular complexity index is 1170. The number of benzene rings is 3. The molecule has 0 aromatic heterocycles. The molecule has 1 saturated heterocycles. The van der Waals surface area contributed by atoms with Crippen LogP contribution in [0.25, 0.3) is 21.5 Å². The van der Waals surface area contributed by atoms with Gasteiger partial charge in [0.2, 0.25) is 0 Å². The fourth-order valence-corrected chi connectivity index (χ4v) is 5.32. The Morgan fingerprint density at radius 3 is 2.48 bits per heavy atom. The van der Waals surface area contributed by atoms with Gasteiger partial charge < -0.3 is 14.2 Å². The molecule has 1 fully saturated rings. The minimum absolute atomic E-state index is 0.190. The first kappa shape index (κ1) is 20.1. The molecular formula is C26H29NO4. The number of esters is 1. The monoisotopic (exact) mass is 419 g/mol. The lowest BCUT2D eigenvalue weighted by Gasteiger charge is -2.33. The fraction of sp³-hybridized carbons (Fsp3) is 0.423. The molecule has 0 unspecified atom stereocenters. The highest BCUT2D eigenvalue weighted by molar-refractivity contribution is 6.12. The van der Waals surface area contributed by atoms with Crippen LogP contribution in [0.4, 0.5) is 0 Å². The molecule has 2 aliphatic heterocycles. The molecule has 0 N–H and O–H groups in total. The molecule has 3 aromatic carbocycles. The number of hydrogen-bond acceptors (Lipinski definition) is 5. The third kappa shape index (κ3) is 3.41. The van der Waals surface area contributed by atoms with Gasteiger partial charge in [-0.15, -0.1) is 0 Å². The van der Waals surface area contributed by atoms with Crippen LogP contribution < -0.4 is 14.2 Å². The van der Waals surface area contributed by atoms with Gasteiger partial charge >= 0.3 is 5.97 Å². The zero-order valence-electron chi connectivity index (χ0n) is 18.5. The average Bonchev–Trinajstić information content (AvgIpc) is 3.24. The van der Waals surface area contributed by atoms with Crippen LogP contribution >= 0.6 is 0 Å². The summed E-state index contributed by atoms with van der Waals surface area (Å²) >= 11 is 0. The Labute approximate surface area is 182 Å². The SMILES string of the molecule is CCCC(=O)Oc1ccc2c3c(c4cc(OC)c(OC)cc4c2c1)CN1CCC[C@H]1C3. The number of rotatable bonds is 5. The first-order valence-corrected chi connectivity index (χ1v) is 11.2. The Morgan fingerprint density at radius 2 is 1.74 bits per heavy atom. The van der Waals surface area contributed by atoms with E-state index in [1.165, 1.54) is 41.3 Å². The minimum atomic E-state index is -0.190. The number of fused-ring (bicyclic) bond motifs is 7. The summed E-state index contributed by atoms with van der Waals surface area (Å²) in [4.78, 5) is 14.7. The predicted molar refractivity (Wildman–Crippen MR) is 122 cm³/mol. The van der Waals surface area contributed by atoms with Crippen molar-refractivity contribution in [2.45, 2.75) is 51.6 Å². The third-order valence-electron chi connectivity index (χ3n) is 6.81. The van der Waals surface area contributed by atoms with Gasteiger partial charge in [-0.05, 0) is 89.2 Å². The van der Waals surface area contributed by atoms with E-state index in [1.807, 2.05) is 19.1 Å². The number of carbonyl (C=O) groups excluding carboxylic acids is 1. The van der Waals surface area contributed by atoms with E-state index in [-0.39, 0.29) is 5.97 Å². The highest BCUT2D eigenvalue weighted by Gasteiger charge is 2.32. The summed E-state index contributed by atoms with van der Waals surface area (Å²) in [7, 11) is 3.34. The molecule has 5 heteroatoms. The quantitative estimate of drug-likeness (QED) is 0.322. The zero-order valence-corrected chi connectivity index (χ0v) is 18.5. The molecule has 0 aliphatic carbocycles. The van der Waals surface area contributed by atoms with Crippen LogP contribution in [0.5, 0.6) is 17.2 Å². The molecule has 0 bridgehead atoms. The Hall–Kier alpha value is -2.79. The first-order valence-electron chi connectivity index (χ1n) is 11.2. The van der Waals surface area contributed by atoms with E-state index in [0.717, 1.165) is 35.9 Å². The maximum Gasteiger partial charge on any atom is 0.311 e. The van der Waals surface area contributed by atoms with Crippen LogP contribution in [0, 0.1) is 0 Å². The van der Waals surface area contributed by atoms with E-state index in [1.54, 1.807) is 14.2 Å². The zero-order chi connectivity index (χ0) is 21.5. The van der Waals surface area contributed by atoms with Crippen molar-refractivity contribution >= 4 is 27.5 Å². The number of methoxy groups -OCH3 is 2. The standard InChI is InChI=1S/C26H29NO4/c1-4-6-26(28)31-17-8-9-18-19-11-16-7-5-10-27(16)15-23(19)22-14-25(30-3)24(29-2)13-21(22)20(18)12-17/h8-9,12-14,16H,4-7,10-11,15H2,1-3H3/t16-/m0/s1. The van der Waals surface area contributed by atoms with Gasteiger partial charge in [0.25, 0.3) is 0 Å². The molecule has 1 atom stereocenters. The summed E-state index contributed by atoms with van der Waals surface area (Å²) in [5.74, 6) is 1.86. The predicted octanol–water partition coefficient (Wildman–Crippen LogP) is 5.24. The summed E-state index contributed by atoms with van der Waals surface area (Å²) in [5.41, 5.74) is 2.81. The van der Waals surface area contributed by atoms with Gasteiger partial charge in [0, 0.05) is 19.0 Å². The Morgan fingerprint density at radius 1 is 1.00 bits per heavy atom. The number of hydrogen-bond donors (Lipinski definition) is 0. The number of carbonyl (C=O) groups is 1. The van der Waals surface area contributed by atoms with E-state index in [9.17, 15) is 4.79 Å². The molecule has 0 amide bonds. The van der Waals surface area contributed by atoms with Gasteiger partial charge in [-0.3, -0.25) is 9.69 Å². The van der Waals surface area contributed by atoms with Crippen molar-refractivity contribution in [1.82, 2.24) is 4.90 Å². The second kappa shape index (κ2) is 8.04. The molecule has 2 heterocycles. The minimum Gasteiger partial charge on any atom is -0.493 e. The van der Waals surface area contributed by atoms with Gasteiger partial charge in [0.1, 0.15) is 5.75 Å². The largest absolute Gasteiger partial charge is 0.493 e. The molecule has 162 valence electrons. The van der Waals surface area contributed by atoms with E-state index >= 15 is 0 Å². The molecule has 0 spiro atoms. The van der Waals surface area contributed by atoms with Crippen molar-refractivity contribution in [1.29, 1.82) is 0 Å². The van der Waals surface area contributed by atoms with Gasteiger partial charge in [-0.2, -0.15) is 0 Å². The fourth-order valence-electron chi connectivity index (χ4n) is 5.32. The van der Waals surface area contributed by atoms with Gasteiger partial charge in [-0.25, -0.2) is 0 Å². The number of nitrogens with zero attached hydrogens (tertiary/aromatic N) is 1. The van der Waals surface area contributed by atoms with E-state index < -0.39 is 0 Å². The van der Waals surface area contributed by atoms with Gasteiger partial charge in [-0.1, -0.05) is 13.0 Å². The van der Waals surface area contributed by atoms with Gasteiger partial charge in [0.05, 0.1) is 14.2 Å². The van der Waals surface area contributed by atoms with Crippen molar-refractivity contribution in [3.63, 3.8) is 0 Å². The normalized spacial score (nSPS) is 18.1. The molecule has 5 rings (SSSR count). The summed E-state index contributed by atoms with van der Waals surface area (Å²) in [5, 5.41) is 4.65. The van der Waals surface area contributed by atoms with Crippen molar-refractivity contribution in [2.24, 2.45) is 0 Å². The van der Waals surface area contributed by atoms with Crippen LogP contribution in [0.15, 0.2) is 30.3 Å². The van der Waals surface area contributed by atoms with Crippen LogP contribution in [0.2, 0.25) is 0 Å². The first-order chi connectivity index (χ1) is 15.1. The molecule has 0 saturated carbocycles.